The number of nitrogens with one attached hydrogen (secondary N) is 1. The van der Waals surface area contributed by atoms with E-state index in [4.69, 9.17) is 14.2 Å². The highest BCUT2D eigenvalue weighted by molar-refractivity contribution is 6.08. The van der Waals surface area contributed by atoms with Gasteiger partial charge in [-0.25, -0.2) is 4.79 Å². The van der Waals surface area contributed by atoms with Crippen molar-refractivity contribution >= 4 is 29.6 Å². The van der Waals surface area contributed by atoms with E-state index < -0.39 is 11.9 Å². The Kier molecular flexibility index (Phi) is 6.44. The first-order valence-corrected chi connectivity index (χ1v) is 9.97. The van der Waals surface area contributed by atoms with Gasteiger partial charge < -0.3 is 19.5 Å². The van der Waals surface area contributed by atoms with Crippen LogP contribution in [0.5, 0.6) is 11.5 Å². The number of carbonyl (C=O) groups is 3. The van der Waals surface area contributed by atoms with Crippen molar-refractivity contribution in [2.45, 2.75) is 34.6 Å². The molecular formula is C24H25NO6. The van der Waals surface area contributed by atoms with E-state index in [-0.39, 0.29) is 19.1 Å². The molecule has 1 heterocycles. The minimum Gasteiger partial charge on any atom is -0.488 e. The maximum Gasteiger partial charge on any atom is 0.338 e. The molecule has 0 saturated heterocycles. The number of ether oxygens (including phenoxy) is 3. The van der Waals surface area contributed by atoms with Crippen molar-refractivity contribution in [3.05, 3.63) is 57.7 Å². The first-order valence-electron chi connectivity index (χ1n) is 9.97. The molecule has 0 unspecified atom stereocenters. The van der Waals surface area contributed by atoms with E-state index in [2.05, 4.69) is 5.32 Å². The predicted molar refractivity (Wildman–Crippen MR) is 116 cm³/mol. The molecule has 0 aliphatic carbocycles. The van der Waals surface area contributed by atoms with Crippen LogP contribution < -0.4 is 14.8 Å². The number of benzene rings is 2. The summed E-state index contributed by atoms with van der Waals surface area (Å²) in [7, 11) is 0. The minimum absolute atomic E-state index is 0.100. The fourth-order valence-corrected chi connectivity index (χ4v) is 3.42. The fourth-order valence-electron chi connectivity index (χ4n) is 3.42. The maximum absolute atomic E-state index is 12.8. The number of esters is 2. The predicted octanol–water partition coefficient (Wildman–Crippen LogP) is 4.13. The molecule has 1 amide bonds. The van der Waals surface area contributed by atoms with Crippen molar-refractivity contribution < 1.29 is 28.6 Å². The second-order valence-corrected chi connectivity index (χ2v) is 7.25. The number of amides is 1. The third kappa shape index (κ3) is 4.60. The van der Waals surface area contributed by atoms with E-state index >= 15 is 0 Å². The summed E-state index contributed by atoms with van der Waals surface area (Å²) in [6, 6.07) is 6.55. The van der Waals surface area contributed by atoms with Gasteiger partial charge in [-0.15, -0.1) is 0 Å². The van der Waals surface area contributed by atoms with Gasteiger partial charge in [0.2, 0.25) is 0 Å². The fraction of sp³-hybridized carbons (Fsp3) is 0.292. The number of fused-ring (bicyclic) bond motifs is 1. The van der Waals surface area contributed by atoms with Gasteiger partial charge in [-0.05, 0) is 63.1 Å². The summed E-state index contributed by atoms with van der Waals surface area (Å²) in [5, 5.41) is 2.79. The topological polar surface area (TPSA) is 90.9 Å². The van der Waals surface area contributed by atoms with Crippen LogP contribution in [-0.2, 0) is 14.3 Å². The standard InChI is InChI=1S/C24H25NO6/c1-6-29-24(28)17-8-7-9-19(10-17)25-23(27)18-11-20-15(4)21(31-16(5)26)13(2)14(3)22(20)30-12-18/h7-11H,6,12H2,1-5H3,(H,25,27). The number of hydrogen-bond donors (Lipinski definition) is 1. The zero-order valence-corrected chi connectivity index (χ0v) is 18.3. The lowest BCUT2D eigenvalue weighted by Crippen LogP contribution is -2.22. The molecular weight excluding hydrogens is 398 g/mol. The van der Waals surface area contributed by atoms with Crippen molar-refractivity contribution in [2.75, 3.05) is 18.5 Å². The molecule has 2 aromatic rings. The molecule has 1 N–H and O–H groups in total. The van der Waals surface area contributed by atoms with Gasteiger partial charge in [-0.1, -0.05) is 6.07 Å². The van der Waals surface area contributed by atoms with Crippen LogP contribution in [0.4, 0.5) is 5.69 Å². The molecule has 0 fully saturated rings. The molecule has 162 valence electrons. The Bertz CT molecular complexity index is 1100. The molecule has 0 spiro atoms. The second-order valence-electron chi connectivity index (χ2n) is 7.25. The third-order valence-corrected chi connectivity index (χ3v) is 5.09. The molecule has 0 radical (unpaired) electrons. The monoisotopic (exact) mass is 423 g/mol. The van der Waals surface area contributed by atoms with Gasteiger partial charge in [0.05, 0.1) is 17.7 Å². The average molecular weight is 423 g/mol. The Morgan fingerprint density at radius 2 is 1.84 bits per heavy atom. The van der Waals surface area contributed by atoms with Gasteiger partial charge in [0.15, 0.2) is 0 Å². The molecule has 0 saturated carbocycles. The van der Waals surface area contributed by atoms with Crippen molar-refractivity contribution in [1.82, 2.24) is 0 Å². The van der Waals surface area contributed by atoms with Gasteiger partial charge in [-0.3, -0.25) is 9.59 Å². The molecule has 7 heteroatoms. The van der Waals surface area contributed by atoms with Crippen LogP contribution in [0, 0.1) is 20.8 Å². The lowest BCUT2D eigenvalue weighted by Gasteiger charge is -2.24. The van der Waals surface area contributed by atoms with E-state index in [1.165, 1.54) is 6.92 Å². The first kappa shape index (κ1) is 22.1. The number of hydrogen-bond acceptors (Lipinski definition) is 6. The van der Waals surface area contributed by atoms with E-state index in [1.807, 2.05) is 20.8 Å². The molecule has 2 aromatic carbocycles. The molecule has 7 nitrogen and oxygen atoms in total. The van der Waals surface area contributed by atoms with Crippen LogP contribution in [0.1, 0.15) is 46.5 Å². The molecule has 1 aliphatic rings. The maximum atomic E-state index is 12.8. The van der Waals surface area contributed by atoms with E-state index in [0.717, 1.165) is 16.7 Å². The summed E-state index contributed by atoms with van der Waals surface area (Å²) in [4.78, 5) is 36.3. The van der Waals surface area contributed by atoms with E-state index in [9.17, 15) is 14.4 Å². The number of carbonyl (C=O) groups excluding carboxylic acids is 3. The summed E-state index contributed by atoms with van der Waals surface area (Å²) in [5.74, 6) is -0.0598. The highest BCUT2D eigenvalue weighted by Gasteiger charge is 2.25. The SMILES string of the molecule is CCOC(=O)c1cccc(NC(=O)C2=Cc3c(C)c(OC(C)=O)c(C)c(C)c3OC2)c1. The van der Waals surface area contributed by atoms with Crippen LogP contribution >= 0.6 is 0 Å². The quantitative estimate of drug-likeness (QED) is 0.574. The molecule has 1 aliphatic heterocycles. The lowest BCUT2D eigenvalue weighted by atomic mass is 9.94. The highest BCUT2D eigenvalue weighted by Crippen LogP contribution is 2.41. The molecule has 31 heavy (non-hydrogen) atoms. The van der Waals surface area contributed by atoms with Crippen molar-refractivity contribution in [3.8, 4) is 11.5 Å². The second kappa shape index (κ2) is 9.04. The lowest BCUT2D eigenvalue weighted by molar-refractivity contribution is -0.132. The van der Waals surface area contributed by atoms with Crippen LogP contribution in [-0.4, -0.2) is 31.1 Å². The summed E-state index contributed by atoms with van der Waals surface area (Å²) in [6.07, 6.45) is 1.75. The van der Waals surface area contributed by atoms with Crippen molar-refractivity contribution in [3.63, 3.8) is 0 Å². The van der Waals surface area contributed by atoms with Gasteiger partial charge in [0.1, 0.15) is 18.1 Å². The number of anilines is 1. The largest absolute Gasteiger partial charge is 0.488 e. The van der Waals surface area contributed by atoms with E-state index in [1.54, 1.807) is 37.3 Å². The van der Waals surface area contributed by atoms with Crippen molar-refractivity contribution in [1.29, 1.82) is 0 Å². The van der Waals surface area contributed by atoms with Crippen LogP contribution in [0.15, 0.2) is 29.8 Å². The smallest absolute Gasteiger partial charge is 0.338 e. The Morgan fingerprint density at radius 3 is 2.52 bits per heavy atom. The first-order chi connectivity index (χ1) is 14.7. The van der Waals surface area contributed by atoms with Gasteiger partial charge >= 0.3 is 11.9 Å². The van der Waals surface area contributed by atoms with Crippen LogP contribution in [0.2, 0.25) is 0 Å². The highest BCUT2D eigenvalue weighted by atomic mass is 16.5. The Hall–Kier alpha value is -3.61. The van der Waals surface area contributed by atoms with Crippen molar-refractivity contribution in [2.24, 2.45) is 0 Å². The summed E-state index contributed by atoms with van der Waals surface area (Å²) >= 11 is 0. The summed E-state index contributed by atoms with van der Waals surface area (Å²) < 4.78 is 16.3. The Morgan fingerprint density at radius 1 is 1.10 bits per heavy atom. The molecule has 0 bridgehead atoms. The summed E-state index contributed by atoms with van der Waals surface area (Å²) in [5.41, 5.74) is 4.34. The molecule has 0 aromatic heterocycles. The molecule has 0 atom stereocenters. The Labute approximate surface area is 181 Å². The number of rotatable bonds is 5. The van der Waals surface area contributed by atoms with Crippen LogP contribution in [0.25, 0.3) is 6.08 Å². The summed E-state index contributed by atoms with van der Waals surface area (Å²) in [6.45, 7) is 9.04. The van der Waals surface area contributed by atoms with Gasteiger partial charge in [0, 0.05) is 23.7 Å². The zero-order valence-electron chi connectivity index (χ0n) is 18.3. The molecule has 3 rings (SSSR count). The normalized spacial score (nSPS) is 12.2. The van der Waals surface area contributed by atoms with E-state index in [0.29, 0.717) is 33.9 Å². The third-order valence-electron chi connectivity index (χ3n) is 5.09. The van der Waals surface area contributed by atoms with Crippen LogP contribution in [0.3, 0.4) is 0 Å². The van der Waals surface area contributed by atoms with Gasteiger partial charge in [-0.2, -0.15) is 0 Å². The average Bonchev–Trinajstić information content (AvgIpc) is 2.75. The minimum atomic E-state index is -0.452. The zero-order chi connectivity index (χ0) is 22.7. The van der Waals surface area contributed by atoms with Gasteiger partial charge in [0.25, 0.3) is 5.91 Å². The Balaban J connectivity index is 1.90.